The van der Waals surface area contributed by atoms with Crippen molar-refractivity contribution in [3.8, 4) is 5.75 Å². The van der Waals surface area contributed by atoms with E-state index >= 15 is 0 Å². The number of nitrogens with zero attached hydrogens (tertiary/aromatic N) is 2. The second kappa shape index (κ2) is 7.80. The van der Waals surface area contributed by atoms with Crippen LogP contribution in [0.1, 0.15) is 30.5 Å². The van der Waals surface area contributed by atoms with Crippen LogP contribution in [-0.4, -0.2) is 37.1 Å². The van der Waals surface area contributed by atoms with Crippen LogP contribution < -0.4 is 0 Å². The summed E-state index contributed by atoms with van der Waals surface area (Å²) in [6.45, 7) is 8.25. The minimum Gasteiger partial charge on any atom is -0.507 e. The van der Waals surface area contributed by atoms with Gasteiger partial charge in [-0.25, -0.2) is 8.42 Å². The standard InChI is InChI=1S/C19H24N2O3S/c1-5-21(6-2)25(23,24)17-11-14(3)15(4)18(12-17)20-13-16-9-7-8-10-19(16)22/h7-13,22H,5-6H2,1-4H3. The Labute approximate surface area is 149 Å². The first-order valence-electron chi connectivity index (χ1n) is 8.24. The van der Waals surface area contributed by atoms with Crippen molar-refractivity contribution in [2.24, 2.45) is 4.99 Å². The van der Waals surface area contributed by atoms with E-state index in [-0.39, 0.29) is 10.6 Å². The van der Waals surface area contributed by atoms with Gasteiger partial charge in [0.05, 0.1) is 10.6 Å². The quantitative estimate of drug-likeness (QED) is 0.797. The van der Waals surface area contributed by atoms with E-state index in [9.17, 15) is 13.5 Å². The van der Waals surface area contributed by atoms with Gasteiger partial charge in [0, 0.05) is 24.9 Å². The number of phenolic OH excluding ortho intramolecular Hbond substituents is 1. The molecule has 6 heteroatoms. The van der Waals surface area contributed by atoms with Gasteiger partial charge < -0.3 is 5.11 Å². The van der Waals surface area contributed by atoms with E-state index in [4.69, 9.17) is 0 Å². The van der Waals surface area contributed by atoms with Gasteiger partial charge >= 0.3 is 0 Å². The molecule has 0 fully saturated rings. The first-order valence-corrected chi connectivity index (χ1v) is 9.68. The normalized spacial score (nSPS) is 12.2. The molecule has 134 valence electrons. The summed E-state index contributed by atoms with van der Waals surface area (Å²) in [6, 6.07) is 10.1. The molecule has 0 radical (unpaired) electrons. The molecule has 0 unspecified atom stereocenters. The topological polar surface area (TPSA) is 70.0 Å². The van der Waals surface area contributed by atoms with Crippen LogP contribution in [0, 0.1) is 13.8 Å². The van der Waals surface area contributed by atoms with Gasteiger partial charge in [0.1, 0.15) is 5.75 Å². The van der Waals surface area contributed by atoms with Gasteiger partial charge in [-0.3, -0.25) is 4.99 Å². The number of aromatic hydroxyl groups is 1. The molecule has 0 atom stereocenters. The summed E-state index contributed by atoms with van der Waals surface area (Å²) in [4.78, 5) is 4.65. The molecule has 0 spiro atoms. The molecule has 0 aromatic heterocycles. The van der Waals surface area contributed by atoms with E-state index in [0.717, 1.165) is 11.1 Å². The molecule has 5 nitrogen and oxygen atoms in total. The maximum Gasteiger partial charge on any atom is 0.243 e. The Bertz CT molecular complexity index is 886. The van der Waals surface area contributed by atoms with Crippen LogP contribution in [0.5, 0.6) is 5.75 Å². The minimum absolute atomic E-state index is 0.132. The van der Waals surface area contributed by atoms with Gasteiger partial charge in [-0.1, -0.05) is 26.0 Å². The number of para-hydroxylation sites is 1. The number of sulfonamides is 1. The molecular weight excluding hydrogens is 336 g/mol. The molecule has 0 amide bonds. The Balaban J connectivity index is 2.50. The minimum atomic E-state index is -3.54. The number of hydrogen-bond acceptors (Lipinski definition) is 4. The summed E-state index contributed by atoms with van der Waals surface area (Å²) >= 11 is 0. The lowest BCUT2D eigenvalue weighted by Gasteiger charge is -2.19. The molecule has 2 aromatic rings. The van der Waals surface area contributed by atoms with Crippen LogP contribution in [0.25, 0.3) is 0 Å². The predicted molar refractivity (Wildman–Crippen MR) is 101 cm³/mol. The number of aliphatic imine (C=N–C) groups is 1. The largest absolute Gasteiger partial charge is 0.507 e. The van der Waals surface area contributed by atoms with Crippen LogP contribution in [0.4, 0.5) is 5.69 Å². The van der Waals surface area contributed by atoms with E-state index in [1.54, 1.807) is 42.6 Å². The Morgan fingerprint density at radius 3 is 2.36 bits per heavy atom. The van der Waals surface area contributed by atoms with E-state index in [1.165, 1.54) is 4.31 Å². The van der Waals surface area contributed by atoms with Crippen molar-refractivity contribution >= 4 is 21.9 Å². The second-order valence-corrected chi connectivity index (χ2v) is 7.73. The fourth-order valence-corrected chi connectivity index (χ4v) is 4.10. The van der Waals surface area contributed by atoms with E-state index in [2.05, 4.69) is 4.99 Å². The SMILES string of the molecule is CCN(CC)S(=O)(=O)c1cc(C)c(C)c(N=Cc2ccccc2O)c1. The van der Waals surface area contributed by atoms with Crippen molar-refractivity contribution in [1.82, 2.24) is 4.31 Å². The molecule has 0 aliphatic rings. The average Bonchev–Trinajstić information content (AvgIpc) is 2.58. The maximum atomic E-state index is 12.8. The highest BCUT2D eigenvalue weighted by atomic mass is 32.2. The summed E-state index contributed by atoms with van der Waals surface area (Å²) < 4.78 is 27.0. The molecule has 1 N–H and O–H groups in total. The molecule has 0 bridgehead atoms. The summed E-state index contributed by atoms with van der Waals surface area (Å²) in [5.41, 5.74) is 2.92. The Morgan fingerprint density at radius 1 is 1.12 bits per heavy atom. The van der Waals surface area contributed by atoms with Gasteiger partial charge in [0.25, 0.3) is 0 Å². The third kappa shape index (κ3) is 4.08. The first-order chi connectivity index (χ1) is 11.8. The molecule has 0 saturated carbocycles. The zero-order chi connectivity index (χ0) is 18.6. The summed E-state index contributed by atoms with van der Waals surface area (Å²) in [5.74, 6) is 0.132. The van der Waals surface area contributed by atoms with Crippen molar-refractivity contribution in [2.75, 3.05) is 13.1 Å². The van der Waals surface area contributed by atoms with Gasteiger partial charge in [-0.05, 0) is 49.2 Å². The molecule has 2 rings (SSSR count). The monoisotopic (exact) mass is 360 g/mol. The molecule has 0 aliphatic heterocycles. The lowest BCUT2D eigenvalue weighted by Crippen LogP contribution is -2.30. The number of benzene rings is 2. The third-order valence-corrected chi connectivity index (χ3v) is 6.26. The van der Waals surface area contributed by atoms with E-state index in [0.29, 0.717) is 24.3 Å². The average molecular weight is 360 g/mol. The van der Waals surface area contributed by atoms with Crippen molar-refractivity contribution in [3.63, 3.8) is 0 Å². The van der Waals surface area contributed by atoms with Crippen molar-refractivity contribution in [3.05, 3.63) is 53.1 Å². The van der Waals surface area contributed by atoms with Crippen LogP contribution in [0.15, 0.2) is 46.3 Å². The summed E-state index contributed by atoms with van der Waals surface area (Å²) in [6.07, 6.45) is 1.55. The number of phenols is 1. The number of aryl methyl sites for hydroxylation is 1. The second-order valence-electron chi connectivity index (χ2n) is 5.79. The molecular formula is C19H24N2O3S. The molecule has 0 aliphatic carbocycles. The van der Waals surface area contributed by atoms with Crippen LogP contribution in [-0.2, 0) is 10.0 Å². The maximum absolute atomic E-state index is 12.8. The van der Waals surface area contributed by atoms with Gasteiger partial charge in [-0.15, -0.1) is 0 Å². The molecule has 25 heavy (non-hydrogen) atoms. The first kappa shape index (κ1) is 19.1. The smallest absolute Gasteiger partial charge is 0.243 e. The highest BCUT2D eigenvalue weighted by molar-refractivity contribution is 7.89. The highest BCUT2D eigenvalue weighted by Crippen LogP contribution is 2.28. The highest BCUT2D eigenvalue weighted by Gasteiger charge is 2.23. The van der Waals surface area contributed by atoms with Crippen LogP contribution >= 0.6 is 0 Å². The lowest BCUT2D eigenvalue weighted by molar-refractivity contribution is 0.445. The molecule has 2 aromatic carbocycles. The van der Waals surface area contributed by atoms with Crippen molar-refractivity contribution < 1.29 is 13.5 Å². The van der Waals surface area contributed by atoms with Gasteiger partial charge in [0.2, 0.25) is 10.0 Å². The predicted octanol–water partition coefficient (Wildman–Crippen LogP) is 3.79. The van der Waals surface area contributed by atoms with E-state index < -0.39 is 10.0 Å². The van der Waals surface area contributed by atoms with Crippen molar-refractivity contribution in [2.45, 2.75) is 32.6 Å². The summed E-state index contributed by atoms with van der Waals surface area (Å²) in [5, 5.41) is 9.84. The lowest BCUT2D eigenvalue weighted by atomic mass is 10.1. The van der Waals surface area contributed by atoms with Gasteiger partial charge in [0.15, 0.2) is 0 Å². The molecule has 0 heterocycles. The summed E-state index contributed by atoms with van der Waals surface area (Å²) in [7, 11) is -3.54. The molecule has 0 saturated heterocycles. The van der Waals surface area contributed by atoms with Crippen LogP contribution in [0.2, 0.25) is 0 Å². The fraction of sp³-hybridized carbons (Fsp3) is 0.316. The third-order valence-electron chi connectivity index (χ3n) is 4.24. The van der Waals surface area contributed by atoms with Gasteiger partial charge in [-0.2, -0.15) is 4.31 Å². The Kier molecular flexibility index (Phi) is 5.98. The number of hydrogen-bond donors (Lipinski definition) is 1. The number of rotatable bonds is 6. The zero-order valence-corrected chi connectivity index (χ0v) is 15.8. The van der Waals surface area contributed by atoms with Crippen molar-refractivity contribution in [1.29, 1.82) is 0 Å². The fourth-order valence-electron chi connectivity index (χ4n) is 2.54. The Hall–Kier alpha value is -2.18. The zero-order valence-electron chi connectivity index (χ0n) is 15.0. The van der Waals surface area contributed by atoms with Crippen LogP contribution in [0.3, 0.4) is 0 Å². The van der Waals surface area contributed by atoms with E-state index in [1.807, 2.05) is 27.7 Å². The Morgan fingerprint density at radius 2 is 1.76 bits per heavy atom.